The number of carbonyl (C=O) groups excluding carboxylic acids is 1. The summed E-state index contributed by atoms with van der Waals surface area (Å²) < 4.78 is 16.5. The van der Waals surface area contributed by atoms with E-state index < -0.39 is 0 Å². The summed E-state index contributed by atoms with van der Waals surface area (Å²) in [5.74, 6) is -0.550. The lowest BCUT2D eigenvalue weighted by Gasteiger charge is -2.20. The first-order valence-electron chi connectivity index (χ1n) is 8.53. The fourth-order valence-corrected chi connectivity index (χ4v) is 3.79. The predicted molar refractivity (Wildman–Crippen MR) is 105 cm³/mol. The summed E-state index contributed by atoms with van der Waals surface area (Å²) in [5.41, 5.74) is 1.94. The lowest BCUT2D eigenvalue weighted by atomic mass is 10.1. The second-order valence-electron chi connectivity index (χ2n) is 6.17. The highest BCUT2D eigenvalue weighted by Gasteiger charge is 2.22. The average Bonchev–Trinajstić information content (AvgIpc) is 3.33. The van der Waals surface area contributed by atoms with Crippen molar-refractivity contribution in [1.29, 1.82) is 0 Å². The Morgan fingerprint density at radius 1 is 1.19 bits per heavy atom. The maximum atomic E-state index is 14.1. The summed E-state index contributed by atoms with van der Waals surface area (Å²) in [6.45, 7) is 2.87. The van der Waals surface area contributed by atoms with E-state index in [9.17, 15) is 9.18 Å². The first-order valence-corrected chi connectivity index (χ1v) is 9.34. The first kappa shape index (κ1) is 17.4. The minimum absolute atomic E-state index is 0.165. The Morgan fingerprint density at radius 2 is 2.00 bits per heavy atom. The molecule has 1 amide bonds. The SMILES string of the molecule is Cc1ccc(C(=O)N(CCn2cccn2)c2nc3c(F)cccc3s2)cc1. The molecule has 2 aromatic carbocycles. The van der Waals surface area contributed by atoms with Gasteiger partial charge in [-0.1, -0.05) is 35.1 Å². The molecule has 0 saturated heterocycles. The molecule has 0 fully saturated rings. The van der Waals surface area contributed by atoms with Crippen molar-refractivity contribution in [2.75, 3.05) is 11.4 Å². The zero-order valence-electron chi connectivity index (χ0n) is 14.7. The Bertz CT molecular complexity index is 1070. The second kappa shape index (κ2) is 7.28. The number of halogens is 1. The van der Waals surface area contributed by atoms with E-state index in [2.05, 4.69) is 10.1 Å². The molecular weight excluding hydrogens is 363 g/mol. The van der Waals surface area contributed by atoms with Gasteiger partial charge in [-0.3, -0.25) is 14.4 Å². The third kappa shape index (κ3) is 3.59. The quantitative estimate of drug-likeness (QED) is 0.519. The summed E-state index contributed by atoms with van der Waals surface area (Å²) in [4.78, 5) is 19.1. The lowest BCUT2D eigenvalue weighted by molar-refractivity contribution is 0.0986. The first-order chi connectivity index (χ1) is 13.1. The van der Waals surface area contributed by atoms with Crippen LogP contribution in [0.1, 0.15) is 15.9 Å². The van der Waals surface area contributed by atoms with E-state index in [0.717, 1.165) is 5.56 Å². The zero-order chi connectivity index (χ0) is 18.8. The van der Waals surface area contributed by atoms with Crippen LogP contribution in [0.25, 0.3) is 10.2 Å². The van der Waals surface area contributed by atoms with E-state index in [-0.39, 0.29) is 11.7 Å². The van der Waals surface area contributed by atoms with Gasteiger partial charge in [-0.05, 0) is 37.3 Å². The van der Waals surface area contributed by atoms with Gasteiger partial charge in [0.15, 0.2) is 5.13 Å². The number of aryl methyl sites for hydroxylation is 1. The number of fused-ring (bicyclic) bond motifs is 1. The third-order valence-corrected chi connectivity index (χ3v) is 5.29. The summed E-state index contributed by atoms with van der Waals surface area (Å²) >= 11 is 1.31. The van der Waals surface area contributed by atoms with Crippen LogP contribution in [0.15, 0.2) is 60.9 Å². The molecule has 0 aliphatic carbocycles. The van der Waals surface area contributed by atoms with Gasteiger partial charge in [0.05, 0.1) is 11.2 Å². The highest BCUT2D eigenvalue weighted by atomic mass is 32.1. The molecule has 0 aliphatic heterocycles. The molecule has 4 rings (SSSR count). The van der Waals surface area contributed by atoms with Crippen molar-refractivity contribution < 1.29 is 9.18 Å². The lowest BCUT2D eigenvalue weighted by Crippen LogP contribution is -2.34. The van der Waals surface area contributed by atoms with Gasteiger partial charge in [-0.25, -0.2) is 9.37 Å². The van der Waals surface area contributed by atoms with Gasteiger partial charge in [-0.15, -0.1) is 0 Å². The maximum Gasteiger partial charge on any atom is 0.260 e. The molecule has 2 aromatic heterocycles. The number of aromatic nitrogens is 3. The van der Waals surface area contributed by atoms with Gasteiger partial charge in [-0.2, -0.15) is 5.10 Å². The van der Waals surface area contributed by atoms with Crippen molar-refractivity contribution in [2.45, 2.75) is 13.5 Å². The van der Waals surface area contributed by atoms with Crippen LogP contribution in [-0.2, 0) is 6.54 Å². The van der Waals surface area contributed by atoms with Crippen LogP contribution in [-0.4, -0.2) is 27.2 Å². The summed E-state index contributed by atoms with van der Waals surface area (Å²) in [6, 6.07) is 14.1. The summed E-state index contributed by atoms with van der Waals surface area (Å²) in [7, 11) is 0. The highest BCUT2D eigenvalue weighted by molar-refractivity contribution is 7.22. The molecule has 5 nitrogen and oxygen atoms in total. The number of thiazole rings is 1. The standard InChI is InChI=1S/C20H17FN4OS/c1-14-6-8-15(9-7-14)19(26)25(13-12-24-11-3-10-22-24)20-23-18-16(21)4-2-5-17(18)27-20/h2-11H,12-13H2,1H3. The van der Waals surface area contributed by atoms with Crippen LogP contribution >= 0.6 is 11.3 Å². The van der Waals surface area contributed by atoms with Crippen LogP contribution in [0.4, 0.5) is 9.52 Å². The number of para-hydroxylation sites is 1. The Balaban J connectivity index is 1.70. The Labute approximate surface area is 159 Å². The molecule has 0 atom stereocenters. The van der Waals surface area contributed by atoms with Gasteiger partial charge in [0, 0.05) is 24.5 Å². The second-order valence-corrected chi connectivity index (χ2v) is 7.18. The number of hydrogen-bond acceptors (Lipinski definition) is 4. The number of benzene rings is 2. The summed E-state index contributed by atoms with van der Waals surface area (Å²) in [6.07, 6.45) is 3.53. The van der Waals surface area contributed by atoms with Crippen LogP contribution in [0.2, 0.25) is 0 Å². The van der Waals surface area contributed by atoms with Crippen molar-refractivity contribution in [3.05, 3.63) is 77.9 Å². The minimum Gasteiger partial charge on any atom is -0.282 e. The molecular formula is C20H17FN4OS. The van der Waals surface area contributed by atoms with Crippen LogP contribution in [0.3, 0.4) is 0 Å². The number of anilines is 1. The van der Waals surface area contributed by atoms with Crippen molar-refractivity contribution in [2.24, 2.45) is 0 Å². The molecule has 2 heterocycles. The monoisotopic (exact) mass is 380 g/mol. The van der Waals surface area contributed by atoms with Crippen molar-refractivity contribution in [1.82, 2.24) is 14.8 Å². The molecule has 0 saturated carbocycles. The largest absolute Gasteiger partial charge is 0.282 e. The van der Waals surface area contributed by atoms with Gasteiger partial charge in [0.1, 0.15) is 11.3 Å². The molecule has 0 unspecified atom stereocenters. The molecule has 0 aliphatic rings. The number of amides is 1. The molecule has 0 N–H and O–H groups in total. The molecule has 27 heavy (non-hydrogen) atoms. The average molecular weight is 380 g/mol. The third-order valence-electron chi connectivity index (χ3n) is 4.24. The topological polar surface area (TPSA) is 51.0 Å². The van der Waals surface area contributed by atoms with Crippen molar-refractivity contribution in [3.8, 4) is 0 Å². The van der Waals surface area contributed by atoms with E-state index in [1.165, 1.54) is 17.4 Å². The molecule has 0 spiro atoms. The van der Waals surface area contributed by atoms with Crippen LogP contribution < -0.4 is 4.90 Å². The predicted octanol–water partition coefficient (Wildman–Crippen LogP) is 4.29. The Kier molecular flexibility index (Phi) is 4.68. The van der Waals surface area contributed by atoms with E-state index in [0.29, 0.717) is 34.0 Å². The van der Waals surface area contributed by atoms with Crippen molar-refractivity contribution in [3.63, 3.8) is 0 Å². The fourth-order valence-electron chi connectivity index (χ4n) is 2.79. The molecule has 0 radical (unpaired) electrons. The van der Waals surface area contributed by atoms with Gasteiger partial charge >= 0.3 is 0 Å². The molecule has 7 heteroatoms. The van der Waals surface area contributed by atoms with Crippen LogP contribution in [0.5, 0.6) is 0 Å². The zero-order valence-corrected chi connectivity index (χ0v) is 15.5. The van der Waals surface area contributed by atoms with E-state index in [1.54, 1.807) is 34.0 Å². The van der Waals surface area contributed by atoms with Gasteiger partial charge < -0.3 is 0 Å². The smallest absolute Gasteiger partial charge is 0.260 e. The van der Waals surface area contributed by atoms with E-state index >= 15 is 0 Å². The summed E-state index contributed by atoms with van der Waals surface area (Å²) in [5, 5.41) is 4.66. The van der Waals surface area contributed by atoms with Crippen LogP contribution in [0, 0.1) is 12.7 Å². The minimum atomic E-state index is -0.384. The van der Waals surface area contributed by atoms with E-state index in [4.69, 9.17) is 0 Å². The van der Waals surface area contributed by atoms with E-state index in [1.807, 2.05) is 37.4 Å². The Morgan fingerprint density at radius 3 is 2.70 bits per heavy atom. The number of rotatable bonds is 5. The Hall–Kier alpha value is -3.06. The number of nitrogens with zero attached hydrogens (tertiary/aromatic N) is 4. The highest BCUT2D eigenvalue weighted by Crippen LogP contribution is 2.31. The number of hydrogen-bond donors (Lipinski definition) is 0. The maximum absolute atomic E-state index is 14.1. The molecule has 4 aromatic rings. The van der Waals surface area contributed by atoms with Gasteiger partial charge in [0.2, 0.25) is 0 Å². The molecule has 0 bridgehead atoms. The normalized spacial score (nSPS) is 11.0. The molecule has 136 valence electrons. The van der Waals surface area contributed by atoms with Gasteiger partial charge in [0.25, 0.3) is 5.91 Å². The van der Waals surface area contributed by atoms with Crippen molar-refractivity contribution >= 4 is 32.6 Å². The fraction of sp³-hybridized carbons (Fsp3) is 0.150. The number of carbonyl (C=O) groups is 1.